The summed E-state index contributed by atoms with van der Waals surface area (Å²) in [7, 11) is 0. The summed E-state index contributed by atoms with van der Waals surface area (Å²) in [6, 6.07) is 3.87. The zero-order valence-electron chi connectivity index (χ0n) is 13.4. The number of thiazole rings is 1. The van der Waals surface area contributed by atoms with Gasteiger partial charge < -0.3 is 9.64 Å². The molecule has 1 atom stereocenters. The van der Waals surface area contributed by atoms with Gasteiger partial charge in [0, 0.05) is 36.4 Å². The smallest absolute Gasteiger partial charge is 0.228 e. The molecule has 0 N–H and O–H groups in total. The Balaban J connectivity index is 1.63. The maximum Gasteiger partial charge on any atom is 0.228 e. The Labute approximate surface area is 140 Å². The number of rotatable bonds is 4. The highest BCUT2D eigenvalue weighted by Gasteiger charge is 2.26. The van der Waals surface area contributed by atoms with E-state index in [4.69, 9.17) is 4.74 Å². The van der Waals surface area contributed by atoms with Crippen molar-refractivity contribution in [3.63, 3.8) is 0 Å². The largest absolute Gasteiger partial charge is 0.374 e. The minimum Gasteiger partial charge on any atom is -0.374 e. The highest BCUT2D eigenvalue weighted by Crippen LogP contribution is 2.23. The molecule has 2 aromatic heterocycles. The molecule has 1 aliphatic rings. The summed E-state index contributed by atoms with van der Waals surface area (Å²) < 4.78 is 5.72. The molecule has 0 spiro atoms. The number of nitrogens with zero attached hydrogens (tertiary/aromatic N) is 3. The molecular weight excluding hydrogens is 310 g/mol. The van der Waals surface area contributed by atoms with Crippen LogP contribution in [0.15, 0.2) is 29.9 Å². The van der Waals surface area contributed by atoms with Gasteiger partial charge in [0.15, 0.2) is 0 Å². The third-order valence-electron chi connectivity index (χ3n) is 3.98. The molecule has 1 unspecified atom stereocenters. The first kappa shape index (κ1) is 16.1. The summed E-state index contributed by atoms with van der Waals surface area (Å²) in [5, 5.41) is 2.86. The van der Waals surface area contributed by atoms with E-state index in [1.54, 1.807) is 23.7 Å². The number of pyridine rings is 1. The van der Waals surface area contributed by atoms with Crippen molar-refractivity contribution >= 4 is 17.2 Å². The molecule has 122 valence electrons. The lowest BCUT2D eigenvalue weighted by molar-refractivity contribution is -0.139. The van der Waals surface area contributed by atoms with E-state index in [-0.39, 0.29) is 12.0 Å². The molecular formula is C17H21N3O2S. The molecule has 3 heterocycles. The van der Waals surface area contributed by atoms with Crippen LogP contribution in [0.25, 0.3) is 10.6 Å². The molecule has 6 heteroatoms. The van der Waals surface area contributed by atoms with Crippen LogP contribution in [0.4, 0.5) is 0 Å². The zero-order valence-corrected chi connectivity index (χ0v) is 14.3. The number of hydrogen-bond acceptors (Lipinski definition) is 5. The summed E-state index contributed by atoms with van der Waals surface area (Å²) in [6.45, 7) is 6.21. The van der Waals surface area contributed by atoms with Crippen molar-refractivity contribution in [1.29, 1.82) is 0 Å². The predicted molar refractivity (Wildman–Crippen MR) is 90.2 cm³/mol. The maximum atomic E-state index is 12.5. The van der Waals surface area contributed by atoms with Crippen LogP contribution in [0, 0.1) is 5.92 Å². The normalized spacial score (nSPS) is 18.4. The average Bonchev–Trinajstić information content (AvgIpc) is 3.04. The number of ether oxygens (including phenoxy) is 1. The van der Waals surface area contributed by atoms with Gasteiger partial charge in [0.25, 0.3) is 0 Å². The lowest BCUT2D eigenvalue weighted by Crippen LogP contribution is -2.47. The minimum absolute atomic E-state index is 0.127. The van der Waals surface area contributed by atoms with Crippen molar-refractivity contribution in [3.05, 3.63) is 35.6 Å². The Kier molecular flexibility index (Phi) is 5.03. The Morgan fingerprint density at radius 1 is 1.52 bits per heavy atom. The van der Waals surface area contributed by atoms with Gasteiger partial charge in [0.2, 0.25) is 5.91 Å². The number of carbonyl (C=O) groups excluding carboxylic acids is 1. The number of morpholine rings is 1. The molecule has 0 saturated carbocycles. The summed E-state index contributed by atoms with van der Waals surface area (Å²) in [5.74, 6) is 0.545. The fraction of sp³-hybridized carbons (Fsp3) is 0.471. The van der Waals surface area contributed by atoms with Gasteiger partial charge in [-0.2, -0.15) is 0 Å². The van der Waals surface area contributed by atoms with E-state index in [9.17, 15) is 4.79 Å². The van der Waals surface area contributed by atoms with Crippen LogP contribution in [0.3, 0.4) is 0 Å². The van der Waals surface area contributed by atoms with E-state index < -0.39 is 0 Å². The third kappa shape index (κ3) is 3.95. The molecule has 0 radical (unpaired) electrons. The molecule has 2 aromatic rings. The van der Waals surface area contributed by atoms with E-state index in [1.165, 1.54) is 0 Å². The van der Waals surface area contributed by atoms with Gasteiger partial charge in [0.05, 0.1) is 24.8 Å². The lowest BCUT2D eigenvalue weighted by atomic mass is 10.1. The Morgan fingerprint density at radius 2 is 2.39 bits per heavy atom. The van der Waals surface area contributed by atoms with Crippen molar-refractivity contribution in [1.82, 2.24) is 14.9 Å². The monoisotopic (exact) mass is 331 g/mol. The van der Waals surface area contributed by atoms with E-state index in [2.05, 4.69) is 23.8 Å². The van der Waals surface area contributed by atoms with Crippen LogP contribution in [-0.2, 0) is 16.0 Å². The first-order valence-corrected chi connectivity index (χ1v) is 8.75. The maximum absolute atomic E-state index is 12.5. The second-order valence-corrected chi connectivity index (χ2v) is 6.91. The Morgan fingerprint density at radius 3 is 3.13 bits per heavy atom. The summed E-state index contributed by atoms with van der Waals surface area (Å²) in [4.78, 5) is 23.1. The average molecular weight is 331 g/mol. The zero-order chi connectivity index (χ0) is 16.2. The van der Waals surface area contributed by atoms with Gasteiger partial charge in [-0.1, -0.05) is 13.8 Å². The lowest BCUT2D eigenvalue weighted by Gasteiger charge is -2.34. The molecule has 0 aromatic carbocycles. The van der Waals surface area contributed by atoms with Crippen molar-refractivity contribution in [2.45, 2.75) is 26.4 Å². The van der Waals surface area contributed by atoms with E-state index in [0.29, 0.717) is 32.0 Å². The topological polar surface area (TPSA) is 55.3 Å². The van der Waals surface area contributed by atoms with E-state index in [0.717, 1.165) is 16.3 Å². The van der Waals surface area contributed by atoms with Crippen molar-refractivity contribution in [2.24, 2.45) is 5.92 Å². The van der Waals surface area contributed by atoms with Crippen LogP contribution in [0.1, 0.15) is 19.5 Å². The molecule has 5 nitrogen and oxygen atoms in total. The third-order valence-corrected chi connectivity index (χ3v) is 4.92. The van der Waals surface area contributed by atoms with Gasteiger partial charge in [-0.25, -0.2) is 4.98 Å². The SMILES string of the molecule is CC(C)C1CN(C(=O)Cc2csc(-c3cccnc3)n2)CCO1. The Hall–Kier alpha value is -1.79. The van der Waals surface area contributed by atoms with Gasteiger partial charge in [-0.15, -0.1) is 11.3 Å². The van der Waals surface area contributed by atoms with Crippen LogP contribution < -0.4 is 0 Å². The van der Waals surface area contributed by atoms with Crippen LogP contribution in [-0.4, -0.2) is 46.6 Å². The molecule has 0 aliphatic carbocycles. The quantitative estimate of drug-likeness (QED) is 0.864. The number of aromatic nitrogens is 2. The fourth-order valence-corrected chi connectivity index (χ4v) is 3.39. The molecule has 1 amide bonds. The minimum atomic E-state index is 0.127. The second kappa shape index (κ2) is 7.19. The highest BCUT2D eigenvalue weighted by molar-refractivity contribution is 7.13. The first-order chi connectivity index (χ1) is 11.1. The Bertz CT molecular complexity index is 657. The van der Waals surface area contributed by atoms with Crippen LogP contribution >= 0.6 is 11.3 Å². The second-order valence-electron chi connectivity index (χ2n) is 6.06. The first-order valence-electron chi connectivity index (χ1n) is 7.87. The summed E-state index contributed by atoms with van der Waals surface area (Å²) >= 11 is 1.55. The number of amides is 1. The molecule has 3 rings (SSSR count). The molecule has 0 bridgehead atoms. The summed E-state index contributed by atoms with van der Waals surface area (Å²) in [5.41, 5.74) is 1.81. The van der Waals surface area contributed by atoms with Crippen LogP contribution in [0.2, 0.25) is 0 Å². The van der Waals surface area contributed by atoms with Gasteiger partial charge in [-0.05, 0) is 18.1 Å². The van der Waals surface area contributed by atoms with Crippen molar-refractivity contribution in [3.8, 4) is 10.6 Å². The standard InChI is InChI=1S/C17H21N3O2S/c1-12(2)15-10-20(6-7-22-15)16(21)8-14-11-23-17(19-14)13-4-3-5-18-9-13/h3-5,9,11-12,15H,6-8,10H2,1-2H3. The fourth-order valence-electron chi connectivity index (χ4n) is 2.58. The number of hydrogen-bond donors (Lipinski definition) is 0. The van der Waals surface area contributed by atoms with E-state index >= 15 is 0 Å². The van der Waals surface area contributed by atoms with Crippen molar-refractivity contribution in [2.75, 3.05) is 19.7 Å². The molecule has 1 aliphatic heterocycles. The van der Waals surface area contributed by atoms with Crippen molar-refractivity contribution < 1.29 is 9.53 Å². The summed E-state index contributed by atoms with van der Waals surface area (Å²) in [6.07, 6.45) is 4.01. The molecule has 1 fully saturated rings. The number of carbonyl (C=O) groups is 1. The highest BCUT2D eigenvalue weighted by atomic mass is 32.1. The molecule has 1 saturated heterocycles. The van der Waals surface area contributed by atoms with Crippen LogP contribution in [0.5, 0.6) is 0 Å². The van der Waals surface area contributed by atoms with E-state index in [1.807, 2.05) is 22.4 Å². The van der Waals surface area contributed by atoms with Gasteiger partial charge >= 0.3 is 0 Å². The molecule has 23 heavy (non-hydrogen) atoms. The predicted octanol–water partition coefficient (Wildman–Crippen LogP) is 2.63. The van der Waals surface area contributed by atoms with Gasteiger partial charge in [-0.3, -0.25) is 9.78 Å². The van der Waals surface area contributed by atoms with Gasteiger partial charge in [0.1, 0.15) is 5.01 Å².